The number of methoxy groups -OCH3 is 1. The minimum Gasteiger partial charge on any atom is -0.494 e. The molecule has 0 aromatic carbocycles. The van der Waals surface area contributed by atoms with E-state index in [4.69, 9.17) is 4.74 Å². The number of hydrogen-bond donors (Lipinski definition) is 0. The van der Waals surface area contributed by atoms with E-state index < -0.39 is 0 Å². The number of carbonyl (C=O) groups is 1. The van der Waals surface area contributed by atoms with Crippen LogP contribution in [0, 0.1) is 0 Å². The highest BCUT2D eigenvalue weighted by Gasteiger charge is 2.13. The van der Waals surface area contributed by atoms with Crippen LogP contribution < -0.4 is 4.74 Å². The van der Waals surface area contributed by atoms with E-state index in [-0.39, 0.29) is 0 Å². The second kappa shape index (κ2) is 3.90. The van der Waals surface area contributed by atoms with E-state index in [0.29, 0.717) is 11.4 Å². The van der Waals surface area contributed by atoms with Crippen LogP contribution in [-0.2, 0) is 7.05 Å². The largest absolute Gasteiger partial charge is 0.494 e. The Bertz CT molecular complexity index is 471. The van der Waals surface area contributed by atoms with Crippen LogP contribution in [0.3, 0.4) is 0 Å². The fourth-order valence-electron chi connectivity index (χ4n) is 1.55. The molecular weight excluding hydrogens is 210 g/mol. The zero-order chi connectivity index (χ0) is 10.8. The lowest BCUT2D eigenvalue weighted by molar-refractivity contribution is 0.111. The quantitative estimate of drug-likeness (QED) is 0.746. The molecule has 0 fully saturated rings. The van der Waals surface area contributed by atoms with Gasteiger partial charge in [-0.15, -0.1) is 11.3 Å². The van der Waals surface area contributed by atoms with Crippen molar-refractivity contribution in [3.05, 3.63) is 29.3 Å². The molecule has 0 aliphatic rings. The van der Waals surface area contributed by atoms with Crippen molar-refractivity contribution in [2.45, 2.75) is 0 Å². The highest BCUT2D eigenvalue weighted by Crippen LogP contribution is 2.31. The van der Waals surface area contributed by atoms with Crippen molar-refractivity contribution in [1.29, 1.82) is 0 Å². The summed E-state index contributed by atoms with van der Waals surface area (Å²) >= 11 is 1.64. The molecule has 0 unspecified atom stereocenters. The third-order valence-electron chi connectivity index (χ3n) is 2.35. The Balaban J connectivity index is 2.59. The van der Waals surface area contributed by atoms with E-state index in [2.05, 4.69) is 0 Å². The summed E-state index contributed by atoms with van der Waals surface area (Å²) in [5.41, 5.74) is 1.57. The third kappa shape index (κ3) is 1.57. The lowest BCUT2D eigenvalue weighted by Crippen LogP contribution is -1.97. The molecule has 0 amide bonds. The average Bonchev–Trinajstić information content (AvgIpc) is 2.84. The number of carbonyl (C=O) groups excluding carboxylic acids is 1. The van der Waals surface area contributed by atoms with E-state index in [1.807, 2.05) is 35.2 Å². The summed E-state index contributed by atoms with van der Waals surface area (Å²) in [5, 5.41) is 2.01. The zero-order valence-electron chi connectivity index (χ0n) is 8.56. The standard InChI is InChI=1S/C11H11NO2S/c1-12-8(11-4-3-5-15-11)6-10(14-2)9(12)7-13/h3-7H,1-2H3. The van der Waals surface area contributed by atoms with Gasteiger partial charge in [0, 0.05) is 13.1 Å². The number of thiophene rings is 1. The van der Waals surface area contributed by atoms with Gasteiger partial charge in [-0.05, 0) is 11.4 Å². The van der Waals surface area contributed by atoms with Gasteiger partial charge in [-0.3, -0.25) is 4.79 Å². The normalized spacial score (nSPS) is 10.3. The Hall–Kier alpha value is -1.55. The Morgan fingerprint density at radius 1 is 1.53 bits per heavy atom. The van der Waals surface area contributed by atoms with E-state index >= 15 is 0 Å². The van der Waals surface area contributed by atoms with Gasteiger partial charge in [0.25, 0.3) is 0 Å². The Morgan fingerprint density at radius 2 is 2.33 bits per heavy atom. The van der Waals surface area contributed by atoms with Crippen molar-refractivity contribution < 1.29 is 9.53 Å². The molecule has 3 nitrogen and oxygen atoms in total. The highest BCUT2D eigenvalue weighted by molar-refractivity contribution is 7.13. The SMILES string of the molecule is COc1cc(-c2cccs2)n(C)c1C=O. The van der Waals surface area contributed by atoms with Gasteiger partial charge in [-0.25, -0.2) is 0 Å². The zero-order valence-corrected chi connectivity index (χ0v) is 9.38. The monoisotopic (exact) mass is 221 g/mol. The van der Waals surface area contributed by atoms with Gasteiger partial charge in [-0.1, -0.05) is 6.07 Å². The Kier molecular flexibility index (Phi) is 2.60. The van der Waals surface area contributed by atoms with Crippen molar-refractivity contribution in [3.8, 4) is 16.3 Å². The van der Waals surface area contributed by atoms with Crippen LogP contribution in [0.25, 0.3) is 10.6 Å². The van der Waals surface area contributed by atoms with Gasteiger partial charge in [0.15, 0.2) is 6.29 Å². The lowest BCUT2D eigenvalue weighted by atomic mass is 10.3. The second-order valence-electron chi connectivity index (χ2n) is 3.14. The number of aldehydes is 1. The predicted octanol–water partition coefficient (Wildman–Crippen LogP) is 2.57. The van der Waals surface area contributed by atoms with Crippen LogP contribution in [0.5, 0.6) is 5.75 Å². The summed E-state index contributed by atoms with van der Waals surface area (Å²) < 4.78 is 6.99. The molecule has 0 aliphatic heterocycles. The number of nitrogens with zero attached hydrogens (tertiary/aromatic N) is 1. The number of ether oxygens (including phenoxy) is 1. The van der Waals surface area contributed by atoms with Crippen LogP contribution in [0.4, 0.5) is 0 Å². The first-order chi connectivity index (χ1) is 7.27. The van der Waals surface area contributed by atoms with Crippen molar-refractivity contribution >= 4 is 17.6 Å². The molecule has 0 N–H and O–H groups in total. The molecule has 0 aliphatic carbocycles. The molecule has 2 aromatic rings. The van der Waals surface area contributed by atoms with E-state index in [1.54, 1.807) is 18.4 Å². The van der Waals surface area contributed by atoms with Crippen molar-refractivity contribution in [2.75, 3.05) is 7.11 Å². The van der Waals surface area contributed by atoms with Gasteiger partial charge < -0.3 is 9.30 Å². The molecule has 2 aromatic heterocycles. The smallest absolute Gasteiger partial charge is 0.170 e. The molecule has 0 radical (unpaired) electrons. The Labute approximate surface area is 91.9 Å². The fraction of sp³-hybridized carbons (Fsp3) is 0.182. The van der Waals surface area contributed by atoms with E-state index in [9.17, 15) is 4.79 Å². The molecular formula is C11H11NO2S. The summed E-state index contributed by atoms with van der Waals surface area (Å²) in [4.78, 5) is 12.0. The van der Waals surface area contributed by atoms with Crippen LogP contribution in [0.15, 0.2) is 23.6 Å². The first kappa shape index (κ1) is 9.98. The molecule has 0 saturated carbocycles. The van der Waals surface area contributed by atoms with E-state index in [1.165, 1.54) is 0 Å². The summed E-state index contributed by atoms with van der Waals surface area (Å²) in [7, 11) is 3.43. The van der Waals surface area contributed by atoms with Crippen LogP contribution >= 0.6 is 11.3 Å². The number of aromatic nitrogens is 1. The molecule has 2 rings (SSSR count). The van der Waals surface area contributed by atoms with Crippen LogP contribution in [-0.4, -0.2) is 18.0 Å². The number of rotatable bonds is 3. The van der Waals surface area contributed by atoms with Gasteiger partial charge in [0.1, 0.15) is 11.4 Å². The third-order valence-corrected chi connectivity index (χ3v) is 3.24. The molecule has 78 valence electrons. The van der Waals surface area contributed by atoms with Gasteiger partial charge >= 0.3 is 0 Å². The van der Waals surface area contributed by atoms with Crippen molar-refractivity contribution in [2.24, 2.45) is 7.05 Å². The lowest BCUT2D eigenvalue weighted by Gasteiger charge is -2.01. The molecule has 0 atom stereocenters. The van der Waals surface area contributed by atoms with Crippen LogP contribution in [0.1, 0.15) is 10.5 Å². The second-order valence-corrected chi connectivity index (χ2v) is 4.09. The number of hydrogen-bond acceptors (Lipinski definition) is 3. The first-order valence-electron chi connectivity index (χ1n) is 4.50. The average molecular weight is 221 g/mol. The summed E-state index contributed by atoms with van der Waals surface area (Å²) in [6.45, 7) is 0. The molecule has 15 heavy (non-hydrogen) atoms. The summed E-state index contributed by atoms with van der Waals surface area (Å²) in [5.74, 6) is 0.621. The maximum absolute atomic E-state index is 10.9. The van der Waals surface area contributed by atoms with Crippen molar-refractivity contribution in [1.82, 2.24) is 4.57 Å². The van der Waals surface area contributed by atoms with Gasteiger partial charge in [0.05, 0.1) is 17.7 Å². The highest BCUT2D eigenvalue weighted by atomic mass is 32.1. The van der Waals surface area contributed by atoms with Gasteiger partial charge in [0.2, 0.25) is 0 Å². The minimum atomic E-state index is 0.570. The van der Waals surface area contributed by atoms with Gasteiger partial charge in [-0.2, -0.15) is 0 Å². The molecule has 0 saturated heterocycles. The summed E-state index contributed by atoms with van der Waals surface area (Å²) in [6.07, 6.45) is 0.815. The minimum absolute atomic E-state index is 0.570. The van der Waals surface area contributed by atoms with E-state index in [0.717, 1.165) is 16.9 Å². The molecule has 0 bridgehead atoms. The molecule has 0 spiro atoms. The molecule has 2 heterocycles. The fourth-order valence-corrected chi connectivity index (χ4v) is 2.33. The summed E-state index contributed by atoms with van der Waals surface area (Å²) in [6, 6.07) is 5.89. The van der Waals surface area contributed by atoms with Crippen molar-refractivity contribution in [3.63, 3.8) is 0 Å². The predicted molar refractivity (Wildman–Crippen MR) is 60.7 cm³/mol. The Morgan fingerprint density at radius 3 is 2.80 bits per heavy atom. The maximum Gasteiger partial charge on any atom is 0.170 e. The first-order valence-corrected chi connectivity index (χ1v) is 5.38. The molecule has 4 heteroatoms. The van der Waals surface area contributed by atoms with Crippen LogP contribution in [0.2, 0.25) is 0 Å². The topological polar surface area (TPSA) is 31.2 Å². The maximum atomic E-state index is 10.9.